The summed E-state index contributed by atoms with van der Waals surface area (Å²) in [5.74, 6) is -0.131. The fourth-order valence-electron chi connectivity index (χ4n) is 3.01. The van der Waals surface area contributed by atoms with E-state index in [4.69, 9.17) is 4.74 Å². The van der Waals surface area contributed by atoms with Gasteiger partial charge >= 0.3 is 5.97 Å². The number of likely N-dealkylation sites (N-methyl/N-ethyl adjacent to an activating group) is 1. The van der Waals surface area contributed by atoms with Crippen molar-refractivity contribution >= 4 is 5.97 Å². The first-order valence-corrected chi connectivity index (χ1v) is 7.05. The number of rotatable bonds is 5. The number of fused-ring (bicyclic) bond motifs is 1. The van der Waals surface area contributed by atoms with Crippen molar-refractivity contribution in [3.63, 3.8) is 0 Å². The van der Waals surface area contributed by atoms with Crippen LogP contribution in [-0.4, -0.2) is 74.2 Å². The molecule has 5 heteroatoms. The van der Waals surface area contributed by atoms with Crippen LogP contribution < -0.4 is 5.32 Å². The predicted octanol–water partition coefficient (Wildman–Crippen LogP) is -0.0825. The summed E-state index contributed by atoms with van der Waals surface area (Å²) in [5, 5.41) is 3.06. The Labute approximate surface area is 109 Å². The summed E-state index contributed by atoms with van der Waals surface area (Å²) in [7, 11) is 1.83. The molecule has 2 atom stereocenters. The van der Waals surface area contributed by atoms with E-state index in [2.05, 4.69) is 15.1 Å². The molecule has 2 rings (SSSR count). The van der Waals surface area contributed by atoms with Crippen LogP contribution in [0.4, 0.5) is 0 Å². The zero-order valence-electron chi connectivity index (χ0n) is 11.5. The first-order chi connectivity index (χ1) is 8.74. The Morgan fingerprint density at radius 1 is 1.44 bits per heavy atom. The fraction of sp³-hybridized carbons (Fsp3) is 0.923. The van der Waals surface area contributed by atoms with Crippen LogP contribution in [0.2, 0.25) is 0 Å². The normalized spacial score (nSPS) is 26.9. The molecule has 0 saturated carbocycles. The van der Waals surface area contributed by atoms with E-state index in [9.17, 15) is 4.79 Å². The van der Waals surface area contributed by atoms with Gasteiger partial charge in [0, 0.05) is 32.2 Å². The second kappa shape index (κ2) is 6.50. The Morgan fingerprint density at radius 2 is 2.28 bits per heavy atom. The molecule has 0 aromatic carbocycles. The quantitative estimate of drug-likeness (QED) is 0.696. The van der Waals surface area contributed by atoms with Crippen molar-refractivity contribution in [2.75, 3.05) is 46.4 Å². The van der Waals surface area contributed by atoms with E-state index in [1.54, 1.807) is 0 Å². The molecule has 2 aliphatic rings. The van der Waals surface area contributed by atoms with Crippen LogP contribution in [0.1, 0.15) is 19.8 Å². The highest BCUT2D eigenvalue weighted by molar-refractivity contribution is 5.76. The minimum atomic E-state index is -0.196. The van der Waals surface area contributed by atoms with Crippen LogP contribution in [0.5, 0.6) is 0 Å². The van der Waals surface area contributed by atoms with Gasteiger partial charge in [0.15, 0.2) is 0 Å². The van der Waals surface area contributed by atoms with Gasteiger partial charge in [-0.1, -0.05) is 0 Å². The van der Waals surface area contributed by atoms with Crippen LogP contribution in [0.15, 0.2) is 0 Å². The van der Waals surface area contributed by atoms with Gasteiger partial charge in [-0.3, -0.25) is 14.6 Å². The van der Waals surface area contributed by atoms with E-state index >= 15 is 0 Å². The van der Waals surface area contributed by atoms with Crippen molar-refractivity contribution in [1.29, 1.82) is 0 Å². The van der Waals surface area contributed by atoms with Crippen molar-refractivity contribution in [2.24, 2.45) is 0 Å². The molecular weight excluding hydrogens is 230 g/mol. The standard InChI is InChI=1S/C13H25N3O2/c1-3-18-13(17)12(14-2)10-15-7-8-16-6-4-5-11(16)9-15/h11-12,14H,3-10H2,1-2H3. The van der Waals surface area contributed by atoms with Crippen molar-refractivity contribution in [1.82, 2.24) is 15.1 Å². The summed E-state index contributed by atoms with van der Waals surface area (Å²) in [6.07, 6.45) is 2.63. The Kier molecular flexibility index (Phi) is 4.97. The third-order valence-corrected chi connectivity index (χ3v) is 4.03. The Hall–Kier alpha value is -0.650. The number of hydrogen-bond acceptors (Lipinski definition) is 5. The summed E-state index contributed by atoms with van der Waals surface area (Å²) >= 11 is 0. The molecule has 0 aromatic heterocycles. The molecular formula is C13H25N3O2. The van der Waals surface area contributed by atoms with Crippen LogP contribution in [0.3, 0.4) is 0 Å². The van der Waals surface area contributed by atoms with Gasteiger partial charge in [-0.15, -0.1) is 0 Å². The number of hydrogen-bond donors (Lipinski definition) is 1. The van der Waals surface area contributed by atoms with Gasteiger partial charge in [0.2, 0.25) is 0 Å². The maximum Gasteiger partial charge on any atom is 0.324 e. The average molecular weight is 255 g/mol. The minimum absolute atomic E-state index is 0.131. The van der Waals surface area contributed by atoms with E-state index in [1.807, 2.05) is 14.0 Å². The minimum Gasteiger partial charge on any atom is -0.465 e. The SMILES string of the molecule is CCOC(=O)C(CN1CCN2CCCC2C1)NC. The summed E-state index contributed by atoms with van der Waals surface area (Å²) in [4.78, 5) is 16.7. The first-order valence-electron chi connectivity index (χ1n) is 7.05. The molecule has 18 heavy (non-hydrogen) atoms. The van der Waals surface area contributed by atoms with Crippen molar-refractivity contribution in [3.05, 3.63) is 0 Å². The molecule has 0 spiro atoms. The van der Waals surface area contributed by atoms with Crippen molar-refractivity contribution < 1.29 is 9.53 Å². The topological polar surface area (TPSA) is 44.8 Å². The summed E-state index contributed by atoms with van der Waals surface area (Å²) in [6, 6.07) is 0.511. The second-order valence-electron chi connectivity index (χ2n) is 5.18. The molecule has 2 heterocycles. The van der Waals surface area contributed by atoms with Crippen LogP contribution in [0.25, 0.3) is 0 Å². The van der Waals surface area contributed by atoms with Crippen LogP contribution >= 0.6 is 0 Å². The number of nitrogens with zero attached hydrogens (tertiary/aromatic N) is 2. The molecule has 2 aliphatic heterocycles. The molecule has 0 bridgehead atoms. The van der Waals surface area contributed by atoms with E-state index in [0.29, 0.717) is 12.6 Å². The lowest BCUT2D eigenvalue weighted by Gasteiger charge is -2.38. The van der Waals surface area contributed by atoms with Gasteiger partial charge in [0.05, 0.1) is 6.61 Å². The third-order valence-electron chi connectivity index (χ3n) is 4.03. The smallest absolute Gasteiger partial charge is 0.324 e. The van der Waals surface area contributed by atoms with E-state index in [1.165, 1.54) is 19.4 Å². The number of esters is 1. The molecule has 0 aliphatic carbocycles. The largest absolute Gasteiger partial charge is 0.465 e. The predicted molar refractivity (Wildman–Crippen MR) is 70.5 cm³/mol. The molecule has 2 saturated heterocycles. The Bertz CT molecular complexity index is 285. The maximum absolute atomic E-state index is 11.8. The van der Waals surface area contributed by atoms with E-state index < -0.39 is 0 Å². The lowest BCUT2D eigenvalue weighted by molar-refractivity contribution is -0.146. The third kappa shape index (κ3) is 3.22. The number of carbonyl (C=O) groups is 1. The summed E-state index contributed by atoms with van der Waals surface area (Å²) in [5.41, 5.74) is 0. The monoisotopic (exact) mass is 255 g/mol. The molecule has 0 amide bonds. The molecule has 104 valence electrons. The van der Waals surface area contributed by atoms with Crippen LogP contribution in [0, 0.1) is 0 Å². The van der Waals surface area contributed by atoms with Gasteiger partial charge in [-0.05, 0) is 33.4 Å². The second-order valence-corrected chi connectivity index (χ2v) is 5.18. The number of piperazine rings is 1. The van der Waals surface area contributed by atoms with Gasteiger partial charge in [-0.25, -0.2) is 0 Å². The summed E-state index contributed by atoms with van der Waals surface area (Å²) in [6.45, 7) is 7.62. The molecule has 5 nitrogen and oxygen atoms in total. The number of ether oxygens (including phenoxy) is 1. The molecule has 2 fully saturated rings. The van der Waals surface area contributed by atoms with Gasteiger partial charge in [0.25, 0.3) is 0 Å². The summed E-state index contributed by atoms with van der Waals surface area (Å²) < 4.78 is 5.08. The van der Waals surface area contributed by atoms with Crippen LogP contribution in [-0.2, 0) is 9.53 Å². The lowest BCUT2D eigenvalue weighted by atomic mass is 10.1. The first kappa shape index (κ1) is 13.8. The average Bonchev–Trinajstić information content (AvgIpc) is 2.83. The van der Waals surface area contributed by atoms with E-state index in [0.717, 1.165) is 26.2 Å². The number of nitrogens with one attached hydrogen (secondary N) is 1. The molecule has 2 unspecified atom stereocenters. The maximum atomic E-state index is 11.8. The van der Waals surface area contributed by atoms with Gasteiger partial charge < -0.3 is 10.1 Å². The zero-order valence-corrected chi connectivity index (χ0v) is 11.5. The highest BCUT2D eigenvalue weighted by Gasteiger charge is 2.32. The molecule has 0 aromatic rings. The fourth-order valence-corrected chi connectivity index (χ4v) is 3.01. The molecule has 0 radical (unpaired) electrons. The molecule has 1 N–H and O–H groups in total. The highest BCUT2D eigenvalue weighted by atomic mass is 16.5. The lowest BCUT2D eigenvalue weighted by Crippen LogP contribution is -2.54. The van der Waals surface area contributed by atoms with Gasteiger partial charge in [0.1, 0.15) is 6.04 Å². The van der Waals surface area contributed by atoms with E-state index in [-0.39, 0.29) is 12.0 Å². The van der Waals surface area contributed by atoms with Crippen molar-refractivity contribution in [3.8, 4) is 0 Å². The van der Waals surface area contributed by atoms with Gasteiger partial charge in [-0.2, -0.15) is 0 Å². The Balaban J connectivity index is 1.82. The Morgan fingerprint density at radius 3 is 3.00 bits per heavy atom. The van der Waals surface area contributed by atoms with Crippen molar-refractivity contribution in [2.45, 2.75) is 31.8 Å². The zero-order chi connectivity index (χ0) is 13.0. The number of carbonyl (C=O) groups excluding carboxylic acids is 1. The highest BCUT2D eigenvalue weighted by Crippen LogP contribution is 2.21.